The van der Waals surface area contributed by atoms with E-state index in [9.17, 15) is 4.79 Å². The molecule has 0 bridgehead atoms. The Labute approximate surface area is 150 Å². The van der Waals surface area contributed by atoms with Crippen LogP contribution in [0, 0.1) is 11.3 Å². The summed E-state index contributed by atoms with van der Waals surface area (Å²) in [5.74, 6) is 0.884. The summed E-state index contributed by atoms with van der Waals surface area (Å²) in [4.78, 5) is 21.3. The number of hydrogen-bond donors (Lipinski definition) is 0. The van der Waals surface area contributed by atoms with E-state index in [2.05, 4.69) is 9.88 Å². The van der Waals surface area contributed by atoms with E-state index >= 15 is 0 Å². The molecule has 1 aromatic heterocycles. The molecule has 0 aromatic carbocycles. The number of carbonyl (C=O) groups is 1. The van der Waals surface area contributed by atoms with Gasteiger partial charge in [-0.05, 0) is 68.7 Å². The summed E-state index contributed by atoms with van der Waals surface area (Å²) in [6.07, 6.45) is 9.50. The number of rotatable bonds is 3. The monoisotopic (exact) mass is 343 g/mol. The van der Waals surface area contributed by atoms with Gasteiger partial charge in [0, 0.05) is 38.6 Å². The number of amides is 1. The second kappa shape index (κ2) is 7.42. The highest BCUT2D eigenvalue weighted by atomic mass is 16.5. The van der Waals surface area contributed by atoms with Crippen molar-refractivity contribution in [3.8, 4) is 0 Å². The minimum absolute atomic E-state index is 0.140. The van der Waals surface area contributed by atoms with Crippen molar-refractivity contribution in [2.75, 3.05) is 45.9 Å². The first-order valence-corrected chi connectivity index (χ1v) is 9.74. The summed E-state index contributed by atoms with van der Waals surface area (Å²) in [6, 6.07) is 3.70. The third-order valence-corrected chi connectivity index (χ3v) is 6.48. The third kappa shape index (κ3) is 3.87. The fourth-order valence-electron chi connectivity index (χ4n) is 4.66. The lowest BCUT2D eigenvalue weighted by molar-refractivity contribution is 0.0264. The summed E-state index contributed by atoms with van der Waals surface area (Å²) in [7, 11) is 0. The van der Waals surface area contributed by atoms with E-state index in [1.807, 2.05) is 17.0 Å². The molecule has 0 saturated carbocycles. The van der Waals surface area contributed by atoms with E-state index in [0.29, 0.717) is 11.0 Å². The first kappa shape index (κ1) is 17.0. The van der Waals surface area contributed by atoms with Crippen molar-refractivity contribution in [2.45, 2.75) is 32.1 Å². The number of pyridine rings is 1. The van der Waals surface area contributed by atoms with E-state index in [4.69, 9.17) is 4.74 Å². The molecular formula is C20H29N3O2. The van der Waals surface area contributed by atoms with Crippen LogP contribution >= 0.6 is 0 Å². The predicted molar refractivity (Wildman–Crippen MR) is 96.4 cm³/mol. The van der Waals surface area contributed by atoms with Crippen LogP contribution in [0.15, 0.2) is 24.5 Å². The highest BCUT2D eigenvalue weighted by Crippen LogP contribution is 2.41. The molecule has 1 amide bonds. The Morgan fingerprint density at radius 1 is 1.20 bits per heavy atom. The zero-order valence-corrected chi connectivity index (χ0v) is 15.0. The van der Waals surface area contributed by atoms with Crippen LogP contribution in [0.5, 0.6) is 0 Å². The van der Waals surface area contributed by atoms with Gasteiger partial charge >= 0.3 is 0 Å². The highest BCUT2D eigenvalue weighted by molar-refractivity contribution is 5.93. The Balaban J connectivity index is 1.26. The standard InChI is InChI=1S/C20H29N3O2/c24-19(18-2-1-8-21-14-18)23-11-6-20(7-12-23)4-9-22(10-5-20)15-17-3-13-25-16-17/h1-2,8,14,17H,3-7,9-13,15-16H2. The first-order valence-electron chi connectivity index (χ1n) is 9.74. The third-order valence-electron chi connectivity index (χ3n) is 6.48. The predicted octanol–water partition coefficient (Wildman–Crippen LogP) is 2.44. The molecule has 25 heavy (non-hydrogen) atoms. The van der Waals surface area contributed by atoms with E-state index in [1.165, 1.54) is 38.9 Å². The molecule has 1 aromatic rings. The maximum Gasteiger partial charge on any atom is 0.255 e. The van der Waals surface area contributed by atoms with Crippen molar-refractivity contribution in [1.82, 2.24) is 14.8 Å². The second-order valence-corrected chi connectivity index (χ2v) is 8.06. The minimum atomic E-state index is 0.140. The average Bonchev–Trinajstić information content (AvgIpc) is 3.18. The van der Waals surface area contributed by atoms with E-state index in [0.717, 1.165) is 45.1 Å². The van der Waals surface area contributed by atoms with Crippen LogP contribution in [-0.4, -0.2) is 66.6 Å². The van der Waals surface area contributed by atoms with Crippen molar-refractivity contribution in [3.63, 3.8) is 0 Å². The van der Waals surface area contributed by atoms with E-state index in [1.54, 1.807) is 12.4 Å². The van der Waals surface area contributed by atoms with Gasteiger partial charge < -0.3 is 14.5 Å². The van der Waals surface area contributed by atoms with Gasteiger partial charge in [0.25, 0.3) is 5.91 Å². The number of hydrogen-bond acceptors (Lipinski definition) is 4. The van der Waals surface area contributed by atoms with Crippen molar-refractivity contribution >= 4 is 5.91 Å². The summed E-state index contributed by atoms with van der Waals surface area (Å²) < 4.78 is 5.51. The molecule has 3 aliphatic heterocycles. The molecule has 3 fully saturated rings. The van der Waals surface area contributed by atoms with E-state index in [-0.39, 0.29) is 5.91 Å². The molecule has 3 saturated heterocycles. The lowest BCUT2D eigenvalue weighted by Gasteiger charge is -2.47. The molecule has 4 rings (SSSR count). The topological polar surface area (TPSA) is 45.7 Å². The summed E-state index contributed by atoms with van der Waals surface area (Å²) in [5.41, 5.74) is 1.18. The SMILES string of the molecule is O=C(c1cccnc1)N1CCC2(CCN(CC3CCOC3)CC2)CC1. The van der Waals surface area contributed by atoms with Crippen LogP contribution in [0.1, 0.15) is 42.5 Å². The Morgan fingerprint density at radius 3 is 2.60 bits per heavy atom. The van der Waals surface area contributed by atoms with Gasteiger partial charge in [-0.3, -0.25) is 9.78 Å². The summed E-state index contributed by atoms with van der Waals surface area (Å²) in [6.45, 7) is 7.33. The Morgan fingerprint density at radius 2 is 1.96 bits per heavy atom. The van der Waals surface area contributed by atoms with Gasteiger partial charge in [0.15, 0.2) is 0 Å². The molecular weight excluding hydrogens is 314 g/mol. The molecule has 5 nitrogen and oxygen atoms in total. The Kier molecular flexibility index (Phi) is 5.04. The zero-order valence-electron chi connectivity index (χ0n) is 15.0. The maximum absolute atomic E-state index is 12.6. The van der Waals surface area contributed by atoms with Crippen molar-refractivity contribution < 1.29 is 9.53 Å². The van der Waals surface area contributed by atoms with Gasteiger partial charge in [-0.1, -0.05) is 0 Å². The molecule has 1 unspecified atom stereocenters. The fraction of sp³-hybridized carbons (Fsp3) is 0.700. The average molecular weight is 343 g/mol. The lowest BCUT2D eigenvalue weighted by atomic mass is 9.71. The number of nitrogens with zero attached hydrogens (tertiary/aromatic N) is 3. The van der Waals surface area contributed by atoms with Gasteiger partial charge in [-0.15, -0.1) is 0 Å². The normalized spacial score (nSPS) is 26.9. The summed E-state index contributed by atoms with van der Waals surface area (Å²) >= 11 is 0. The zero-order chi connectivity index (χ0) is 17.1. The molecule has 1 atom stereocenters. The molecule has 5 heteroatoms. The van der Waals surface area contributed by atoms with Crippen molar-refractivity contribution in [1.29, 1.82) is 0 Å². The van der Waals surface area contributed by atoms with Crippen LogP contribution < -0.4 is 0 Å². The largest absolute Gasteiger partial charge is 0.381 e. The molecule has 1 spiro atoms. The highest BCUT2D eigenvalue weighted by Gasteiger charge is 2.39. The number of aromatic nitrogens is 1. The Bertz CT molecular complexity index is 568. The van der Waals surface area contributed by atoms with Crippen LogP contribution in [0.4, 0.5) is 0 Å². The maximum atomic E-state index is 12.6. The molecule has 136 valence electrons. The molecule has 0 N–H and O–H groups in total. The van der Waals surface area contributed by atoms with Crippen molar-refractivity contribution in [3.05, 3.63) is 30.1 Å². The molecule has 3 aliphatic rings. The number of carbonyl (C=O) groups excluding carboxylic acids is 1. The molecule has 0 aliphatic carbocycles. The second-order valence-electron chi connectivity index (χ2n) is 8.06. The lowest BCUT2D eigenvalue weighted by Crippen LogP contribution is -2.48. The van der Waals surface area contributed by atoms with Gasteiger partial charge in [0.1, 0.15) is 0 Å². The van der Waals surface area contributed by atoms with Crippen molar-refractivity contribution in [2.24, 2.45) is 11.3 Å². The molecule has 4 heterocycles. The van der Waals surface area contributed by atoms with Crippen LogP contribution in [0.2, 0.25) is 0 Å². The van der Waals surface area contributed by atoms with Gasteiger partial charge in [-0.2, -0.15) is 0 Å². The number of likely N-dealkylation sites (tertiary alicyclic amines) is 2. The summed E-state index contributed by atoms with van der Waals surface area (Å²) in [5, 5.41) is 0. The fourth-order valence-corrected chi connectivity index (χ4v) is 4.66. The van der Waals surface area contributed by atoms with Crippen LogP contribution in [0.3, 0.4) is 0 Å². The first-order chi connectivity index (χ1) is 12.2. The quantitative estimate of drug-likeness (QED) is 0.846. The van der Waals surface area contributed by atoms with Crippen LogP contribution in [-0.2, 0) is 4.74 Å². The Hall–Kier alpha value is -1.46. The van der Waals surface area contributed by atoms with Crippen LogP contribution in [0.25, 0.3) is 0 Å². The molecule has 0 radical (unpaired) electrons. The number of ether oxygens (including phenoxy) is 1. The minimum Gasteiger partial charge on any atom is -0.381 e. The van der Waals surface area contributed by atoms with E-state index < -0.39 is 0 Å². The van der Waals surface area contributed by atoms with Gasteiger partial charge in [0.05, 0.1) is 12.2 Å². The number of piperidine rings is 2. The van der Waals surface area contributed by atoms with Gasteiger partial charge in [0.2, 0.25) is 0 Å². The smallest absolute Gasteiger partial charge is 0.255 e. The van der Waals surface area contributed by atoms with Gasteiger partial charge in [-0.25, -0.2) is 0 Å².